The standard InChI is InChI=1S/C9H16FNO2S.ClH/c10-8-1-4-11-9(7-8)2-5-14(12,13)6-3-9;/h8,11H,1-7H2;1H. The topological polar surface area (TPSA) is 46.2 Å². The first kappa shape index (κ1) is 13.2. The Kier molecular flexibility index (Phi) is 4.01. The van der Waals surface area contributed by atoms with Crippen molar-refractivity contribution >= 4 is 22.2 Å². The maximum Gasteiger partial charge on any atom is 0.150 e. The van der Waals surface area contributed by atoms with E-state index in [2.05, 4.69) is 5.32 Å². The van der Waals surface area contributed by atoms with Gasteiger partial charge in [0, 0.05) is 5.54 Å². The SMILES string of the molecule is Cl.O=S1(=O)CCC2(CC1)CC(F)CCN2. The van der Waals surface area contributed by atoms with Gasteiger partial charge in [0.15, 0.2) is 0 Å². The van der Waals surface area contributed by atoms with E-state index in [4.69, 9.17) is 0 Å². The molecular formula is C9H17ClFNO2S. The molecule has 2 aliphatic rings. The van der Waals surface area contributed by atoms with Gasteiger partial charge in [-0.25, -0.2) is 12.8 Å². The third-order valence-electron chi connectivity index (χ3n) is 3.35. The summed E-state index contributed by atoms with van der Waals surface area (Å²) >= 11 is 0. The second-order valence-corrected chi connectivity index (χ2v) is 6.75. The molecule has 0 saturated carbocycles. The van der Waals surface area contributed by atoms with Crippen LogP contribution in [-0.4, -0.2) is 38.2 Å². The summed E-state index contributed by atoms with van der Waals surface area (Å²) in [6.07, 6.45) is 1.46. The largest absolute Gasteiger partial charge is 0.311 e. The summed E-state index contributed by atoms with van der Waals surface area (Å²) in [6, 6.07) is 0. The van der Waals surface area contributed by atoms with E-state index in [1.54, 1.807) is 0 Å². The Labute approximate surface area is 96.1 Å². The zero-order chi connectivity index (χ0) is 10.2. The first-order chi connectivity index (χ1) is 6.52. The summed E-state index contributed by atoms with van der Waals surface area (Å²) in [4.78, 5) is 0. The van der Waals surface area contributed by atoms with Gasteiger partial charge in [-0.2, -0.15) is 0 Å². The zero-order valence-corrected chi connectivity index (χ0v) is 10.2. The monoisotopic (exact) mass is 257 g/mol. The van der Waals surface area contributed by atoms with Gasteiger partial charge in [0.05, 0.1) is 11.5 Å². The molecule has 2 fully saturated rings. The highest BCUT2D eigenvalue weighted by Gasteiger charge is 2.40. The van der Waals surface area contributed by atoms with E-state index in [1.807, 2.05) is 0 Å². The van der Waals surface area contributed by atoms with E-state index in [-0.39, 0.29) is 29.5 Å². The molecule has 2 aliphatic heterocycles. The van der Waals surface area contributed by atoms with E-state index in [0.29, 0.717) is 32.2 Å². The number of rotatable bonds is 0. The molecule has 1 unspecified atom stereocenters. The number of sulfone groups is 1. The first-order valence-electron chi connectivity index (χ1n) is 5.11. The molecule has 0 amide bonds. The first-order valence-corrected chi connectivity index (χ1v) is 6.93. The summed E-state index contributed by atoms with van der Waals surface area (Å²) < 4.78 is 35.7. The van der Waals surface area contributed by atoms with Crippen LogP contribution in [0.5, 0.6) is 0 Å². The smallest absolute Gasteiger partial charge is 0.150 e. The normalized spacial score (nSPS) is 33.3. The highest BCUT2D eigenvalue weighted by atomic mass is 35.5. The Bertz CT molecular complexity index is 306. The van der Waals surface area contributed by atoms with E-state index < -0.39 is 16.0 Å². The molecule has 3 nitrogen and oxygen atoms in total. The Morgan fingerprint density at radius 3 is 2.40 bits per heavy atom. The lowest BCUT2D eigenvalue weighted by Crippen LogP contribution is -2.55. The summed E-state index contributed by atoms with van der Waals surface area (Å²) in [5.41, 5.74) is -0.219. The van der Waals surface area contributed by atoms with Crippen molar-refractivity contribution in [2.45, 2.75) is 37.4 Å². The minimum Gasteiger partial charge on any atom is -0.311 e. The minimum absolute atomic E-state index is 0. The quantitative estimate of drug-likeness (QED) is 0.706. The molecular weight excluding hydrogens is 241 g/mol. The van der Waals surface area contributed by atoms with Gasteiger partial charge >= 0.3 is 0 Å². The zero-order valence-electron chi connectivity index (χ0n) is 8.54. The van der Waals surface area contributed by atoms with Crippen LogP contribution >= 0.6 is 12.4 Å². The summed E-state index contributed by atoms with van der Waals surface area (Å²) in [5, 5.41) is 3.30. The highest BCUT2D eigenvalue weighted by Crippen LogP contribution is 2.32. The van der Waals surface area contributed by atoms with Crippen LogP contribution in [0.4, 0.5) is 4.39 Å². The van der Waals surface area contributed by atoms with Gasteiger partial charge in [-0.15, -0.1) is 12.4 Å². The van der Waals surface area contributed by atoms with Crippen LogP contribution in [0.25, 0.3) is 0 Å². The molecule has 0 aliphatic carbocycles. The lowest BCUT2D eigenvalue weighted by atomic mass is 9.83. The van der Waals surface area contributed by atoms with Crippen molar-refractivity contribution in [2.24, 2.45) is 0 Å². The predicted molar refractivity (Wildman–Crippen MR) is 60.0 cm³/mol. The molecule has 0 aromatic heterocycles. The third-order valence-corrected chi connectivity index (χ3v) is 5.01. The fourth-order valence-corrected chi connectivity index (χ4v) is 4.01. The van der Waals surface area contributed by atoms with Crippen LogP contribution in [0.3, 0.4) is 0 Å². The van der Waals surface area contributed by atoms with Gasteiger partial charge in [0.25, 0.3) is 0 Å². The van der Waals surface area contributed by atoms with Crippen LogP contribution in [0.2, 0.25) is 0 Å². The fourth-order valence-electron chi connectivity index (χ4n) is 2.40. The maximum absolute atomic E-state index is 13.2. The second kappa shape index (κ2) is 4.55. The van der Waals surface area contributed by atoms with Crippen molar-refractivity contribution in [1.82, 2.24) is 5.32 Å². The van der Waals surface area contributed by atoms with Crippen LogP contribution < -0.4 is 5.32 Å². The van der Waals surface area contributed by atoms with Crippen molar-refractivity contribution in [1.29, 1.82) is 0 Å². The molecule has 15 heavy (non-hydrogen) atoms. The van der Waals surface area contributed by atoms with Crippen molar-refractivity contribution in [3.05, 3.63) is 0 Å². The molecule has 1 atom stereocenters. The van der Waals surface area contributed by atoms with Gasteiger partial charge < -0.3 is 5.32 Å². The van der Waals surface area contributed by atoms with Crippen LogP contribution in [-0.2, 0) is 9.84 Å². The van der Waals surface area contributed by atoms with Gasteiger partial charge in [-0.3, -0.25) is 0 Å². The third kappa shape index (κ3) is 3.04. The summed E-state index contributed by atoms with van der Waals surface area (Å²) in [7, 11) is -2.84. The molecule has 1 N–H and O–H groups in total. The fraction of sp³-hybridized carbons (Fsp3) is 1.00. The van der Waals surface area contributed by atoms with Gasteiger partial charge in [-0.05, 0) is 32.2 Å². The average Bonchev–Trinajstić information content (AvgIpc) is 2.12. The molecule has 2 rings (SSSR count). The van der Waals surface area contributed by atoms with Crippen molar-refractivity contribution < 1.29 is 12.8 Å². The molecule has 2 saturated heterocycles. The molecule has 0 aromatic rings. The van der Waals surface area contributed by atoms with Gasteiger partial charge in [-0.1, -0.05) is 0 Å². The van der Waals surface area contributed by atoms with Gasteiger partial charge in [0.2, 0.25) is 0 Å². The van der Waals surface area contributed by atoms with Crippen LogP contribution in [0.15, 0.2) is 0 Å². The molecule has 6 heteroatoms. The molecule has 0 bridgehead atoms. The second-order valence-electron chi connectivity index (χ2n) is 4.45. The van der Waals surface area contributed by atoms with Gasteiger partial charge in [0.1, 0.15) is 16.0 Å². The highest BCUT2D eigenvalue weighted by molar-refractivity contribution is 7.91. The van der Waals surface area contributed by atoms with Crippen molar-refractivity contribution in [3.8, 4) is 0 Å². The number of hydrogen-bond donors (Lipinski definition) is 1. The average molecular weight is 258 g/mol. The lowest BCUT2D eigenvalue weighted by molar-refractivity contribution is 0.142. The lowest BCUT2D eigenvalue weighted by Gasteiger charge is -2.42. The number of nitrogens with one attached hydrogen (secondary N) is 1. The molecule has 1 spiro atoms. The van der Waals surface area contributed by atoms with E-state index in [1.165, 1.54) is 0 Å². The van der Waals surface area contributed by atoms with Crippen LogP contribution in [0.1, 0.15) is 25.7 Å². The van der Waals surface area contributed by atoms with Crippen molar-refractivity contribution in [3.63, 3.8) is 0 Å². The molecule has 0 radical (unpaired) electrons. The Balaban J connectivity index is 0.00000112. The summed E-state index contributed by atoms with van der Waals surface area (Å²) in [5.74, 6) is 0.430. The molecule has 90 valence electrons. The van der Waals surface area contributed by atoms with Crippen molar-refractivity contribution in [2.75, 3.05) is 18.1 Å². The Hall–Kier alpha value is 0.130. The number of hydrogen-bond acceptors (Lipinski definition) is 3. The number of halogens is 2. The van der Waals surface area contributed by atoms with E-state index >= 15 is 0 Å². The Morgan fingerprint density at radius 2 is 1.87 bits per heavy atom. The van der Waals surface area contributed by atoms with Crippen LogP contribution in [0, 0.1) is 0 Å². The molecule has 2 heterocycles. The number of alkyl halides is 1. The van der Waals surface area contributed by atoms with E-state index in [0.717, 1.165) is 0 Å². The maximum atomic E-state index is 13.2. The Morgan fingerprint density at radius 1 is 1.27 bits per heavy atom. The number of piperidine rings is 1. The summed E-state index contributed by atoms with van der Waals surface area (Å²) in [6.45, 7) is 0.682. The predicted octanol–water partition coefficient (Wildman–Crippen LogP) is 1.08. The minimum atomic E-state index is -2.84. The molecule has 0 aromatic carbocycles. The van der Waals surface area contributed by atoms with E-state index in [9.17, 15) is 12.8 Å².